The molecule has 1 aromatic heterocycles. The van der Waals surface area contributed by atoms with Gasteiger partial charge in [-0.25, -0.2) is 10.5 Å². The first-order chi connectivity index (χ1) is 8.35. The predicted octanol–water partition coefficient (Wildman–Crippen LogP) is 1.10. The molecule has 2 rings (SSSR count). The highest BCUT2D eigenvalue weighted by atomic mass is 15.3. The largest absolute Gasteiger partial charge is 0.308 e. The van der Waals surface area contributed by atoms with E-state index in [1.807, 2.05) is 43.5 Å². The molecule has 0 amide bonds. The van der Waals surface area contributed by atoms with E-state index < -0.39 is 0 Å². The molecular formula is C12H15N5. The molecule has 0 spiro atoms. The number of aromatic nitrogens is 2. The molecule has 1 aromatic carbocycles. The fraction of sp³-hybridized carbons (Fsp3) is 0.167. The highest BCUT2D eigenvalue weighted by Gasteiger charge is 2.05. The number of nitrogens with two attached hydrogens (primary N) is 1. The summed E-state index contributed by atoms with van der Waals surface area (Å²) in [7, 11) is 0. The molecule has 5 nitrogen and oxygen atoms in total. The smallest absolute Gasteiger partial charge is 0.145 e. The Bertz CT molecular complexity index is 501. The van der Waals surface area contributed by atoms with Crippen molar-refractivity contribution in [3.8, 4) is 5.69 Å². The van der Waals surface area contributed by atoms with Crippen molar-refractivity contribution in [3.05, 3.63) is 48.3 Å². The zero-order chi connectivity index (χ0) is 12.1. The first kappa shape index (κ1) is 11.3. The van der Waals surface area contributed by atoms with E-state index in [0.29, 0.717) is 12.4 Å². The Balaban J connectivity index is 2.30. The molecule has 1 heterocycles. The van der Waals surface area contributed by atoms with Crippen LogP contribution in [0.2, 0.25) is 0 Å². The summed E-state index contributed by atoms with van der Waals surface area (Å²) < 4.78 is 1.79. The predicted molar refractivity (Wildman–Crippen MR) is 68.0 cm³/mol. The standard InChI is InChI=1S/C12H15N5/c1-2-14-12(16-13)10-8-15-17(9-10)11-6-4-3-5-7-11/h3-9H,2,13H2,1H3,(H,14,16). The van der Waals surface area contributed by atoms with Gasteiger partial charge in [-0.15, -0.1) is 0 Å². The number of hydrogen-bond acceptors (Lipinski definition) is 3. The summed E-state index contributed by atoms with van der Waals surface area (Å²) in [5.74, 6) is 6.07. The number of rotatable bonds is 3. The minimum absolute atomic E-state index is 0.648. The third kappa shape index (κ3) is 2.51. The molecule has 88 valence electrons. The lowest BCUT2D eigenvalue weighted by molar-refractivity contribution is 0.880. The lowest BCUT2D eigenvalue weighted by Gasteiger charge is -2.01. The van der Waals surface area contributed by atoms with E-state index in [9.17, 15) is 0 Å². The number of amidine groups is 1. The van der Waals surface area contributed by atoms with Crippen LogP contribution in [0.15, 0.2) is 47.7 Å². The van der Waals surface area contributed by atoms with Gasteiger partial charge in [0.2, 0.25) is 0 Å². The summed E-state index contributed by atoms with van der Waals surface area (Å²) in [5.41, 5.74) is 4.46. The molecule has 0 atom stereocenters. The fourth-order valence-electron chi connectivity index (χ4n) is 1.55. The summed E-state index contributed by atoms with van der Waals surface area (Å²) in [6.07, 6.45) is 3.63. The van der Waals surface area contributed by atoms with E-state index in [2.05, 4.69) is 15.5 Å². The molecule has 0 aliphatic heterocycles. The van der Waals surface area contributed by atoms with Crippen LogP contribution in [-0.2, 0) is 0 Å². The van der Waals surface area contributed by atoms with Crippen molar-refractivity contribution < 1.29 is 0 Å². The number of nitrogens with one attached hydrogen (secondary N) is 1. The Hall–Kier alpha value is -2.14. The number of benzene rings is 1. The molecule has 3 N–H and O–H groups in total. The minimum Gasteiger partial charge on any atom is -0.308 e. The van der Waals surface area contributed by atoms with Gasteiger partial charge < -0.3 is 5.43 Å². The van der Waals surface area contributed by atoms with Crippen molar-refractivity contribution in [3.63, 3.8) is 0 Å². The van der Waals surface area contributed by atoms with E-state index in [0.717, 1.165) is 11.3 Å². The normalized spacial score (nSPS) is 11.5. The highest BCUT2D eigenvalue weighted by Crippen LogP contribution is 2.07. The average Bonchev–Trinajstić information content (AvgIpc) is 2.86. The second-order valence-electron chi connectivity index (χ2n) is 3.48. The Morgan fingerprint density at radius 1 is 1.41 bits per heavy atom. The van der Waals surface area contributed by atoms with Gasteiger partial charge in [-0.1, -0.05) is 18.2 Å². The van der Waals surface area contributed by atoms with Gasteiger partial charge in [0.25, 0.3) is 0 Å². The quantitative estimate of drug-likeness (QED) is 0.358. The molecule has 0 saturated heterocycles. The Morgan fingerprint density at radius 2 is 2.18 bits per heavy atom. The molecule has 0 fully saturated rings. The molecule has 0 aliphatic carbocycles. The Morgan fingerprint density at radius 3 is 2.82 bits per heavy atom. The second kappa shape index (κ2) is 5.27. The van der Waals surface area contributed by atoms with E-state index in [4.69, 9.17) is 5.84 Å². The van der Waals surface area contributed by atoms with Gasteiger partial charge in [0.15, 0.2) is 0 Å². The van der Waals surface area contributed by atoms with Crippen LogP contribution in [0.25, 0.3) is 5.69 Å². The molecule has 0 bridgehead atoms. The van der Waals surface area contributed by atoms with Crippen molar-refractivity contribution in [1.29, 1.82) is 0 Å². The third-order valence-corrected chi connectivity index (χ3v) is 2.33. The zero-order valence-corrected chi connectivity index (χ0v) is 9.67. The van der Waals surface area contributed by atoms with Crippen molar-refractivity contribution in [2.45, 2.75) is 6.92 Å². The first-order valence-corrected chi connectivity index (χ1v) is 5.46. The van der Waals surface area contributed by atoms with E-state index in [1.54, 1.807) is 10.9 Å². The van der Waals surface area contributed by atoms with E-state index in [1.165, 1.54) is 0 Å². The third-order valence-electron chi connectivity index (χ3n) is 2.33. The van der Waals surface area contributed by atoms with Gasteiger partial charge in [-0.2, -0.15) is 5.10 Å². The summed E-state index contributed by atoms with van der Waals surface area (Å²) in [4.78, 5) is 4.25. The molecule has 0 saturated carbocycles. The maximum atomic E-state index is 5.42. The number of nitrogens with zero attached hydrogens (tertiary/aromatic N) is 3. The molecule has 17 heavy (non-hydrogen) atoms. The SMILES string of the molecule is CCN=C(NN)c1cnn(-c2ccccc2)c1. The summed E-state index contributed by atoms with van der Waals surface area (Å²) in [6.45, 7) is 2.63. The van der Waals surface area contributed by atoms with Gasteiger partial charge in [-0.3, -0.25) is 4.99 Å². The zero-order valence-electron chi connectivity index (χ0n) is 9.67. The average molecular weight is 229 g/mol. The molecule has 0 unspecified atom stereocenters. The first-order valence-electron chi connectivity index (χ1n) is 5.46. The number of para-hydroxylation sites is 1. The van der Waals surface area contributed by atoms with Crippen molar-refractivity contribution in [2.24, 2.45) is 10.8 Å². The van der Waals surface area contributed by atoms with Gasteiger partial charge in [0.1, 0.15) is 5.84 Å². The summed E-state index contributed by atoms with van der Waals surface area (Å²) >= 11 is 0. The van der Waals surface area contributed by atoms with Gasteiger partial charge in [-0.05, 0) is 19.1 Å². The van der Waals surface area contributed by atoms with Gasteiger partial charge >= 0.3 is 0 Å². The van der Waals surface area contributed by atoms with Crippen molar-refractivity contribution in [2.75, 3.05) is 6.54 Å². The Kier molecular flexibility index (Phi) is 3.52. The van der Waals surface area contributed by atoms with E-state index in [-0.39, 0.29) is 0 Å². The molecule has 5 heteroatoms. The number of hydrogen-bond donors (Lipinski definition) is 2. The van der Waals surface area contributed by atoms with Crippen LogP contribution >= 0.6 is 0 Å². The topological polar surface area (TPSA) is 68.2 Å². The highest BCUT2D eigenvalue weighted by molar-refractivity contribution is 5.98. The van der Waals surface area contributed by atoms with Crippen LogP contribution in [0, 0.1) is 0 Å². The van der Waals surface area contributed by atoms with Crippen molar-refractivity contribution >= 4 is 5.84 Å². The van der Waals surface area contributed by atoms with Crippen LogP contribution in [-0.4, -0.2) is 22.2 Å². The van der Waals surface area contributed by atoms with Crippen LogP contribution < -0.4 is 11.3 Å². The van der Waals surface area contributed by atoms with Gasteiger partial charge in [0, 0.05) is 12.7 Å². The minimum atomic E-state index is 0.648. The van der Waals surface area contributed by atoms with Crippen LogP contribution in [0.5, 0.6) is 0 Å². The molecule has 0 radical (unpaired) electrons. The monoisotopic (exact) mass is 229 g/mol. The maximum absolute atomic E-state index is 5.42. The lowest BCUT2D eigenvalue weighted by Crippen LogP contribution is -2.31. The summed E-state index contributed by atoms with van der Waals surface area (Å²) in [6, 6.07) is 9.89. The Labute approximate surface area is 99.9 Å². The van der Waals surface area contributed by atoms with E-state index >= 15 is 0 Å². The maximum Gasteiger partial charge on any atom is 0.145 e. The lowest BCUT2D eigenvalue weighted by atomic mass is 10.3. The van der Waals surface area contributed by atoms with Crippen LogP contribution in [0.4, 0.5) is 0 Å². The van der Waals surface area contributed by atoms with Gasteiger partial charge in [0.05, 0.1) is 17.4 Å². The fourth-order valence-corrected chi connectivity index (χ4v) is 1.55. The molecule has 0 aliphatic rings. The second-order valence-corrected chi connectivity index (χ2v) is 3.48. The number of aliphatic imine (C=N–C) groups is 1. The van der Waals surface area contributed by atoms with Crippen molar-refractivity contribution in [1.82, 2.24) is 15.2 Å². The number of hydrazine groups is 1. The molecular weight excluding hydrogens is 214 g/mol. The molecule has 2 aromatic rings. The summed E-state index contributed by atoms with van der Waals surface area (Å²) in [5, 5.41) is 4.28. The van der Waals surface area contributed by atoms with Crippen LogP contribution in [0.3, 0.4) is 0 Å². The van der Waals surface area contributed by atoms with Crippen LogP contribution in [0.1, 0.15) is 12.5 Å².